The van der Waals surface area contributed by atoms with Gasteiger partial charge in [-0.25, -0.2) is 0 Å². The van der Waals surface area contributed by atoms with Gasteiger partial charge in [-0.15, -0.1) is 0 Å². The van der Waals surface area contributed by atoms with Gasteiger partial charge in [0, 0.05) is 31.2 Å². The van der Waals surface area contributed by atoms with E-state index in [9.17, 15) is 4.79 Å². The highest BCUT2D eigenvalue weighted by molar-refractivity contribution is 5.87. The van der Waals surface area contributed by atoms with Gasteiger partial charge in [-0.3, -0.25) is 4.79 Å². The van der Waals surface area contributed by atoms with Gasteiger partial charge in [0.25, 0.3) is 0 Å². The second-order valence-corrected chi connectivity index (χ2v) is 6.29. The SMILES string of the molecule is C=CC(=O)N1CCCC(c2cccc(NCc3ccccc3)c2)C1. The van der Waals surface area contributed by atoms with Gasteiger partial charge in [0.2, 0.25) is 5.91 Å². The first-order chi connectivity index (χ1) is 11.8. The Balaban J connectivity index is 1.66. The number of benzene rings is 2. The van der Waals surface area contributed by atoms with Crippen molar-refractivity contribution in [1.29, 1.82) is 0 Å². The standard InChI is InChI=1S/C21H24N2O/c1-2-21(24)23-13-7-11-19(16-23)18-10-6-12-20(14-18)22-15-17-8-4-3-5-9-17/h2-6,8-10,12,14,19,22H,1,7,11,13,15-16H2. The summed E-state index contributed by atoms with van der Waals surface area (Å²) in [6.45, 7) is 6.04. The number of carbonyl (C=O) groups excluding carboxylic acids is 1. The predicted molar refractivity (Wildman–Crippen MR) is 99.0 cm³/mol. The van der Waals surface area contributed by atoms with Crippen molar-refractivity contribution in [3.63, 3.8) is 0 Å². The van der Waals surface area contributed by atoms with E-state index in [0.717, 1.165) is 38.2 Å². The first-order valence-electron chi connectivity index (χ1n) is 8.55. The van der Waals surface area contributed by atoms with Crippen LogP contribution in [0, 0.1) is 0 Å². The number of nitrogens with one attached hydrogen (secondary N) is 1. The van der Waals surface area contributed by atoms with E-state index in [4.69, 9.17) is 0 Å². The third-order valence-electron chi connectivity index (χ3n) is 4.61. The fourth-order valence-corrected chi connectivity index (χ4v) is 3.28. The highest BCUT2D eigenvalue weighted by atomic mass is 16.2. The summed E-state index contributed by atoms with van der Waals surface area (Å²) in [5.74, 6) is 0.444. The van der Waals surface area contributed by atoms with Crippen LogP contribution in [0.3, 0.4) is 0 Å². The van der Waals surface area contributed by atoms with Gasteiger partial charge in [0.1, 0.15) is 0 Å². The highest BCUT2D eigenvalue weighted by Gasteiger charge is 2.23. The molecule has 24 heavy (non-hydrogen) atoms. The minimum absolute atomic E-state index is 0.0399. The summed E-state index contributed by atoms with van der Waals surface area (Å²) in [7, 11) is 0. The average molecular weight is 320 g/mol. The van der Waals surface area contributed by atoms with Crippen LogP contribution in [-0.2, 0) is 11.3 Å². The fraction of sp³-hybridized carbons (Fsp3) is 0.286. The summed E-state index contributed by atoms with van der Waals surface area (Å²) < 4.78 is 0. The van der Waals surface area contributed by atoms with Crippen LogP contribution < -0.4 is 5.32 Å². The van der Waals surface area contributed by atoms with Crippen LogP contribution in [-0.4, -0.2) is 23.9 Å². The van der Waals surface area contributed by atoms with Crippen LogP contribution in [0.1, 0.15) is 29.9 Å². The lowest BCUT2D eigenvalue weighted by Crippen LogP contribution is -2.38. The van der Waals surface area contributed by atoms with Crippen LogP contribution in [0.15, 0.2) is 67.3 Å². The zero-order valence-corrected chi connectivity index (χ0v) is 13.9. The fourth-order valence-electron chi connectivity index (χ4n) is 3.28. The molecule has 1 aliphatic heterocycles. The molecule has 1 saturated heterocycles. The van der Waals surface area contributed by atoms with Crippen molar-refractivity contribution in [2.75, 3.05) is 18.4 Å². The lowest BCUT2D eigenvalue weighted by Gasteiger charge is -2.32. The number of hydrogen-bond acceptors (Lipinski definition) is 2. The summed E-state index contributed by atoms with van der Waals surface area (Å²) in [6, 6.07) is 19.0. The number of rotatable bonds is 5. The normalized spacial score (nSPS) is 17.3. The van der Waals surface area contributed by atoms with Crippen LogP contribution in [0.5, 0.6) is 0 Å². The summed E-state index contributed by atoms with van der Waals surface area (Å²) in [6.07, 6.45) is 3.59. The van der Waals surface area contributed by atoms with Gasteiger partial charge >= 0.3 is 0 Å². The maximum atomic E-state index is 11.9. The smallest absolute Gasteiger partial charge is 0.245 e. The third kappa shape index (κ3) is 4.05. The molecule has 0 aromatic heterocycles. The summed E-state index contributed by atoms with van der Waals surface area (Å²) in [5.41, 5.74) is 3.70. The van der Waals surface area contributed by atoms with Crippen molar-refractivity contribution in [2.45, 2.75) is 25.3 Å². The first-order valence-corrected chi connectivity index (χ1v) is 8.55. The summed E-state index contributed by atoms with van der Waals surface area (Å²) >= 11 is 0. The van der Waals surface area contributed by atoms with Gasteiger partial charge in [0.15, 0.2) is 0 Å². The van der Waals surface area contributed by atoms with Gasteiger partial charge in [-0.1, -0.05) is 49.0 Å². The molecule has 0 bridgehead atoms. The molecule has 0 spiro atoms. The zero-order valence-electron chi connectivity index (χ0n) is 13.9. The van der Waals surface area contributed by atoms with Crippen LogP contribution >= 0.6 is 0 Å². The summed E-state index contributed by atoms with van der Waals surface area (Å²) in [4.78, 5) is 13.8. The van der Waals surface area contributed by atoms with E-state index < -0.39 is 0 Å². The molecule has 3 heteroatoms. The van der Waals surface area contributed by atoms with Gasteiger partial charge in [-0.2, -0.15) is 0 Å². The molecule has 0 aliphatic carbocycles. The van der Waals surface area contributed by atoms with Crippen molar-refractivity contribution < 1.29 is 4.79 Å². The van der Waals surface area contributed by atoms with E-state index in [1.54, 1.807) is 0 Å². The molecular weight excluding hydrogens is 296 g/mol. The molecule has 1 heterocycles. The number of amides is 1. The van der Waals surface area contributed by atoms with E-state index >= 15 is 0 Å². The van der Waals surface area contributed by atoms with Crippen molar-refractivity contribution >= 4 is 11.6 Å². The zero-order chi connectivity index (χ0) is 16.8. The minimum atomic E-state index is 0.0399. The lowest BCUT2D eigenvalue weighted by atomic mass is 9.90. The summed E-state index contributed by atoms with van der Waals surface area (Å²) in [5, 5.41) is 3.49. The molecule has 2 aromatic carbocycles. The molecule has 1 amide bonds. The monoisotopic (exact) mass is 320 g/mol. The van der Waals surface area contributed by atoms with E-state index in [1.165, 1.54) is 17.2 Å². The molecule has 2 aromatic rings. The number of hydrogen-bond donors (Lipinski definition) is 1. The Morgan fingerprint density at radius 3 is 2.83 bits per heavy atom. The number of anilines is 1. The van der Waals surface area contributed by atoms with E-state index in [0.29, 0.717) is 5.92 Å². The molecule has 1 unspecified atom stereocenters. The molecule has 124 valence electrons. The van der Waals surface area contributed by atoms with Gasteiger partial charge in [-0.05, 0) is 42.2 Å². The van der Waals surface area contributed by atoms with E-state index in [-0.39, 0.29) is 5.91 Å². The maximum absolute atomic E-state index is 11.9. The Kier molecular flexibility index (Phi) is 5.32. The molecule has 1 N–H and O–H groups in total. The lowest BCUT2D eigenvalue weighted by molar-refractivity contribution is -0.127. The molecule has 1 fully saturated rings. The maximum Gasteiger partial charge on any atom is 0.245 e. The molecule has 0 saturated carbocycles. The van der Waals surface area contributed by atoms with Crippen LogP contribution in [0.4, 0.5) is 5.69 Å². The Hall–Kier alpha value is -2.55. The largest absolute Gasteiger partial charge is 0.381 e. The number of carbonyl (C=O) groups is 1. The second kappa shape index (κ2) is 7.82. The van der Waals surface area contributed by atoms with Crippen LogP contribution in [0.25, 0.3) is 0 Å². The highest BCUT2D eigenvalue weighted by Crippen LogP contribution is 2.28. The number of nitrogens with zero attached hydrogens (tertiary/aromatic N) is 1. The average Bonchev–Trinajstić information content (AvgIpc) is 2.67. The third-order valence-corrected chi connectivity index (χ3v) is 4.61. The Morgan fingerprint density at radius 2 is 2.04 bits per heavy atom. The Morgan fingerprint density at radius 1 is 1.21 bits per heavy atom. The molecular formula is C21H24N2O. The van der Waals surface area contributed by atoms with Gasteiger partial charge in [0.05, 0.1) is 0 Å². The van der Waals surface area contributed by atoms with E-state index in [1.807, 2.05) is 11.0 Å². The van der Waals surface area contributed by atoms with E-state index in [2.05, 4.69) is 60.4 Å². The van der Waals surface area contributed by atoms with Crippen LogP contribution in [0.2, 0.25) is 0 Å². The topological polar surface area (TPSA) is 32.3 Å². The number of piperidine rings is 1. The van der Waals surface area contributed by atoms with Crippen molar-refractivity contribution in [3.05, 3.63) is 78.4 Å². The minimum Gasteiger partial charge on any atom is -0.381 e. The molecule has 3 nitrogen and oxygen atoms in total. The Labute approximate surface area is 144 Å². The molecule has 1 aliphatic rings. The van der Waals surface area contributed by atoms with Crippen molar-refractivity contribution in [3.8, 4) is 0 Å². The molecule has 1 atom stereocenters. The predicted octanol–water partition coefficient (Wildman–Crippen LogP) is 4.19. The Bertz CT molecular complexity index is 696. The quantitative estimate of drug-likeness (QED) is 0.838. The molecule has 0 radical (unpaired) electrons. The van der Waals surface area contributed by atoms with Gasteiger partial charge < -0.3 is 10.2 Å². The molecule has 3 rings (SSSR count). The van der Waals surface area contributed by atoms with Crippen molar-refractivity contribution in [2.24, 2.45) is 0 Å². The second-order valence-electron chi connectivity index (χ2n) is 6.29. The van der Waals surface area contributed by atoms with Crippen molar-refractivity contribution in [1.82, 2.24) is 4.90 Å². The number of likely N-dealkylation sites (tertiary alicyclic amines) is 1. The first kappa shape index (κ1) is 16.3.